The minimum Gasteiger partial charge on any atom is -0.394 e. The van der Waals surface area contributed by atoms with Crippen LogP contribution < -0.4 is 5.32 Å². The molecule has 1 aliphatic rings. The van der Waals surface area contributed by atoms with Crippen LogP contribution >= 0.6 is 0 Å². The Balaban J connectivity index is 1.59. The van der Waals surface area contributed by atoms with Crippen LogP contribution in [0.1, 0.15) is 17.4 Å². The second-order valence-corrected chi connectivity index (χ2v) is 6.61. The average Bonchev–Trinajstić information content (AvgIpc) is 3.23. The summed E-state index contributed by atoms with van der Waals surface area (Å²) in [4.78, 5) is 12.8. The van der Waals surface area contributed by atoms with Crippen molar-refractivity contribution >= 4 is 17.0 Å². The fourth-order valence-electron chi connectivity index (χ4n) is 3.17. The van der Waals surface area contributed by atoms with E-state index in [0.29, 0.717) is 23.5 Å². The van der Waals surface area contributed by atoms with E-state index in [1.165, 1.54) is 22.8 Å². The third-order valence-corrected chi connectivity index (χ3v) is 4.73. The molecule has 9 nitrogen and oxygen atoms in total. The second kappa shape index (κ2) is 7.20. The molecular weight excluding hydrogens is 350 g/mol. The molecule has 4 atom stereocenters. The maximum atomic E-state index is 10.2. The van der Waals surface area contributed by atoms with Crippen LogP contribution in [0.5, 0.6) is 0 Å². The number of anilines is 1. The lowest BCUT2D eigenvalue weighted by Crippen LogP contribution is -2.33. The normalized spacial score (nSPS) is 25.2. The van der Waals surface area contributed by atoms with Crippen LogP contribution in [0.4, 0.5) is 5.82 Å². The lowest BCUT2D eigenvalue weighted by Gasteiger charge is -2.16. The predicted molar refractivity (Wildman–Crippen MR) is 96.8 cm³/mol. The highest BCUT2D eigenvalue weighted by atomic mass is 16.6. The molecule has 9 heteroatoms. The SMILES string of the molecule is Cc1ccc(CNc2ncnc3c2ncn3[C@@H]2O[C@H](CO)[C@H](O)C2O)cc1. The molecular formula is C18H21N5O4. The molecule has 0 spiro atoms. The maximum absolute atomic E-state index is 10.2. The summed E-state index contributed by atoms with van der Waals surface area (Å²) in [5.74, 6) is 0.561. The zero-order valence-electron chi connectivity index (χ0n) is 14.7. The number of imidazole rings is 1. The van der Waals surface area contributed by atoms with Crippen LogP contribution in [0.25, 0.3) is 11.2 Å². The molecule has 0 aliphatic carbocycles. The van der Waals surface area contributed by atoms with E-state index < -0.39 is 24.5 Å². The Bertz CT molecular complexity index is 929. The molecule has 0 saturated carbocycles. The summed E-state index contributed by atoms with van der Waals surface area (Å²) in [6, 6.07) is 8.17. The van der Waals surface area contributed by atoms with Crippen LogP contribution in [0.15, 0.2) is 36.9 Å². The smallest absolute Gasteiger partial charge is 0.167 e. The van der Waals surface area contributed by atoms with Crippen molar-refractivity contribution in [3.63, 3.8) is 0 Å². The van der Waals surface area contributed by atoms with Gasteiger partial charge in [-0.1, -0.05) is 29.8 Å². The summed E-state index contributed by atoms with van der Waals surface area (Å²) in [5, 5.41) is 32.7. The summed E-state index contributed by atoms with van der Waals surface area (Å²) >= 11 is 0. The van der Waals surface area contributed by atoms with Gasteiger partial charge in [0.25, 0.3) is 0 Å². The quantitative estimate of drug-likeness (QED) is 0.507. The van der Waals surface area contributed by atoms with Gasteiger partial charge < -0.3 is 25.4 Å². The largest absolute Gasteiger partial charge is 0.394 e. The Morgan fingerprint density at radius 1 is 1.11 bits per heavy atom. The standard InChI is InChI=1S/C18H21N5O4/c1-10-2-4-11(5-3-10)6-19-16-13-17(21-8-20-16)23(9-22-13)18-15(26)14(25)12(7-24)27-18/h2-5,8-9,12,14-15,18,24-26H,6-7H2,1H3,(H,19,20,21)/t12-,14+,15?,18-/m1/s1. The number of aryl methyl sites for hydroxylation is 1. The topological polar surface area (TPSA) is 126 Å². The molecule has 1 aliphatic heterocycles. The van der Waals surface area contributed by atoms with Gasteiger partial charge in [0.15, 0.2) is 23.2 Å². The highest BCUT2D eigenvalue weighted by Gasteiger charge is 2.44. The molecule has 4 rings (SSSR count). The van der Waals surface area contributed by atoms with Crippen molar-refractivity contribution < 1.29 is 20.1 Å². The summed E-state index contributed by atoms with van der Waals surface area (Å²) in [6.07, 6.45) is -1.24. The van der Waals surface area contributed by atoms with Crippen molar-refractivity contribution in [1.29, 1.82) is 0 Å². The minimum absolute atomic E-state index is 0.389. The van der Waals surface area contributed by atoms with E-state index in [2.05, 4.69) is 20.3 Å². The number of hydrogen-bond donors (Lipinski definition) is 4. The summed E-state index contributed by atoms with van der Waals surface area (Å²) in [5.41, 5.74) is 3.30. The van der Waals surface area contributed by atoms with Gasteiger partial charge in [-0.3, -0.25) is 4.57 Å². The average molecular weight is 371 g/mol. The third-order valence-electron chi connectivity index (χ3n) is 4.73. The summed E-state index contributed by atoms with van der Waals surface area (Å²) in [7, 11) is 0. The monoisotopic (exact) mass is 371 g/mol. The van der Waals surface area contributed by atoms with Crippen LogP contribution in [0, 0.1) is 6.92 Å². The first-order valence-corrected chi connectivity index (χ1v) is 8.68. The van der Waals surface area contributed by atoms with Crippen LogP contribution in [-0.2, 0) is 11.3 Å². The minimum atomic E-state index is -1.20. The Morgan fingerprint density at radius 3 is 2.59 bits per heavy atom. The van der Waals surface area contributed by atoms with Crippen molar-refractivity contribution in [3.05, 3.63) is 48.0 Å². The molecule has 0 bridgehead atoms. The number of fused-ring (bicyclic) bond motifs is 1. The molecule has 1 unspecified atom stereocenters. The molecule has 1 aromatic carbocycles. The number of benzene rings is 1. The van der Waals surface area contributed by atoms with Gasteiger partial charge in [-0.25, -0.2) is 15.0 Å². The fraction of sp³-hybridized carbons (Fsp3) is 0.389. The fourth-order valence-corrected chi connectivity index (χ4v) is 3.17. The van der Waals surface area contributed by atoms with Gasteiger partial charge in [-0.05, 0) is 12.5 Å². The van der Waals surface area contributed by atoms with Crippen molar-refractivity contribution in [2.45, 2.75) is 38.0 Å². The number of nitrogens with zero attached hydrogens (tertiary/aromatic N) is 4. The van der Waals surface area contributed by atoms with Crippen LogP contribution in [0.3, 0.4) is 0 Å². The molecule has 0 radical (unpaired) electrons. The molecule has 1 fully saturated rings. The molecule has 0 amide bonds. The van der Waals surface area contributed by atoms with Gasteiger partial charge in [-0.2, -0.15) is 0 Å². The molecule has 3 aromatic rings. The Kier molecular flexibility index (Phi) is 4.75. The third kappa shape index (κ3) is 3.26. The van der Waals surface area contributed by atoms with E-state index in [0.717, 1.165) is 5.56 Å². The number of rotatable bonds is 5. The van der Waals surface area contributed by atoms with E-state index >= 15 is 0 Å². The Labute approximate surface area is 155 Å². The number of ether oxygens (including phenoxy) is 1. The first-order valence-electron chi connectivity index (χ1n) is 8.68. The molecule has 1 saturated heterocycles. The van der Waals surface area contributed by atoms with Crippen molar-refractivity contribution in [3.8, 4) is 0 Å². The van der Waals surface area contributed by atoms with E-state index in [1.807, 2.05) is 31.2 Å². The number of aliphatic hydroxyl groups is 3. The van der Waals surface area contributed by atoms with Crippen molar-refractivity contribution in [2.24, 2.45) is 0 Å². The van der Waals surface area contributed by atoms with Crippen molar-refractivity contribution in [2.75, 3.05) is 11.9 Å². The zero-order chi connectivity index (χ0) is 19.0. The highest BCUT2D eigenvalue weighted by molar-refractivity contribution is 5.82. The number of aromatic nitrogens is 4. The van der Waals surface area contributed by atoms with Crippen LogP contribution in [0.2, 0.25) is 0 Å². The highest BCUT2D eigenvalue weighted by Crippen LogP contribution is 2.32. The Hall–Kier alpha value is -2.59. The molecule has 3 heterocycles. The van der Waals surface area contributed by atoms with Gasteiger partial charge in [0, 0.05) is 6.54 Å². The second-order valence-electron chi connectivity index (χ2n) is 6.61. The lowest BCUT2D eigenvalue weighted by molar-refractivity contribution is -0.0511. The maximum Gasteiger partial charge on any atom is 0.167 e. The number of aliphatic hydroxyl groups excluding tert-OH is 3. The summed E-state index contributed by atoms with van der Waals surface area (Å²) < 4.78 is 7.10. The zero-order valence-corrected chi connectivity index (χ0v) is 14.7. The van der Waals surface area contributed by atoms with E-state index in [9.17, 15) is 15.3 Å². The summed E-state index contributed by atoms with van der Waals surface area (Å²) in [6.45, 7) is 2.22. The predicted octanol–water partition coefficient (Wildman–Crippen LogP) is 0.358. The first kappa shape index (κ1) is 17.8. The van der Waals surface area contributed by atoms with Gasteiger partial charge in [-0.15, -0.1) is 0 Å². The Morgan fingerprint density at radius 2 is 1.89 bits per heavy atom. The molecule has 4 N–H and O–H groups in total. The molecule has 142 valence electrons. The van der Waals surface area contributed by atoms with E-state index in [1.54, 1.807) is 0 Å². The van der Waals surface area contributed by atoms with Gasteiger partial charge in [0.2, 0.25) is 0 Å². The number of hydrogen-bond acceptors (Lipinski definition) is 8. The van der Waals surface area contributed by atoms with Gasteiger partial charge in [0.05, 0.1) is 12.9 Å². The van der Waals surface area contributed by atoms with Gasteiger partial charge in [0.1, 0.15) is 24.6 Å². The lowest BCUT2D eigenvalue weighted by atomic mass is 10.1. The van der Waals surface area contributed by atoms with Crippen molar-refractivity contribution in [1.82, 2.24) is 19.5 Å². The van der Waals surface area contributed by atoms with E-state index in [-0.39, 0.29) is 6.61 Å². The number of nitrogens with one attached hydrogen (secondary N) is 1. The van der Waals surface area contributed by atoms with Crippen LogP contribution in [-0.4, -0.2) is 59.8 Å². The molecule has 2 aromatic heterocycles. The first-order chi connectivity index (χ1) is 13.1. The van der Waals surface area contributed by atoms with E-state index in [4.69, 9.17) is 4.74 Å². The van der Waals surface area contributed by atoms with Gasteiger partial charge >= 0.3 is 0 Å². The molecule has 27 heavy (non-hydrogen) atoms.